The lowest BCUT2D eigenvalue weighted by Gasteiger charge is -2.37. The van der Waals surface area contributed by atoms with Crippen molar-refractivity contribution in [1.29, 1.82) is 0 Å². The van der Waals surface area contributed by atoms with Crippen molar-refractivity contribution in [3.63, 3.8) is 0 Å². The molecule has 150 valence electrons. The molecule has 0 bridgehead atoms. The molecule has 0 unspecified atom stereocenters. The monoisotopic (exact) mass is 399 g/mol. The van der Waals surface area contributed by atoms with Gasteiger partial charge in [0, 0.05) is 6.07 Å². The molecular weight excluding hydrogens is 370 g/mol. The second kappa shape index (κ2) is 7.58. The zero-order valence-corrected chi connectivity index (χ0v) is 18.5. The summed E-state index contributed by atoms with van der Waals surface area (Å²) in [5.41, 5.74) is 2.79. The number of nitrogens with zero attached hydrogens (tertiary/aromatic N) is 1. The zero-order chi connectivity index (χ0) is 20.5. The first-order valence-electron chi connectivity index (χ1n) is 9.64. The maximum atomic E-state index is 11.1. The summed E-state index contributed by atoms with van der Waals surface area (Å²) < 4.78 is 17.9. The van der Waals surface area contributed by atoms with Gasteiger partial charge in [0.1, 0.15) is 11.9 Å². The van der Waals surface area contributed by atoms with Crippen LogP contribution < -0.4 is 13.9 Å². The van der Waals surface area contributed by atoms with Crippen molar-refractivity contribution in [2.75, 3.05) is 7.11 Å². The van der Waals surface area contributed by atoms with Crippen molar-refractivity contribution in [2.24, 2.45) is 0 Å². The Morgan fingerprint density at radius 1 is 1.18 bits per heavy atom. The molecule has 1 aromatic heterocycles. The largest absolute Gasteiger partial charge is 0.543 e. The Labute approximate surface area is 168 Å². The van der Waals surface area contributed by atoms with Gasteiger partial charge in [-0.15, -0.1) is 0 Å². The summed E-state index contributed by atoms with van der Waals surface area (Å²) >= 11 is 0. The first-order chi connectivity index (χ1) is 13.2. The van der Waals surface area contributed by atoms with Crippen molar-refractivity contribution in [3.05, 3.63) is 47.0 Å². The molecule has 0 radical (unpaired) electrons. The van der Waals surface area contributed by atoms with Crippen LogP contribution in [0.5, 0.6) is 17.5 Å². The predicted octanol–water partition coefficient (Wildman–Crippen LogP) is 5.35. The van der Waals surface area contributed by atoms with E-state index in [1.165, 1.54) is 12.7 Å². The molecule has 1 aliphatic rings. The Bertz CT molecular complexity index is 873. The van der Waals surface area contributed by atoms with Crippen LogP contribution in [0.1, 0.15) is 54.8 Å². The number of ether oxygens (including phenoxy) is 2. The Hall–Kier alpha value is -2.34. The van der Waals surface area contributed by atoms with Gasteiger partial charge in [-0.25, -0.2) is 0 Å². The third kappa shape index (κ3) is 3.92. The van der Waals surface area contributed by atoms with Crippen molar-refractivity contribution >= 4 is 14.6 Å². The van der Waals surface area contributed by atoms with E-state index in [9.17, 15) is 4.79 Å². The first kappa shape index (κ1) is 20.4. The first-order valence-corrected chi connectivity index (χ1v) is 12.5. The number of pyridine rings is 1. The lowest BCUT2D eigenvalue weighted by atomic mass is 10.1. The molecule has 0 fully saturated rings. The summed E-state index contributed by atoms with van der Waals surface area (Å²) in [6.07, 6.45) is 2.42. The molecule has 0 amide bonds. The third-order valence-electron chi connectivity index (χ3n) is 5.79. The highest BCUT2D eigenvalue weighted by atomic mass is 28.4. The average Bonchev–Trinajstić information content (AvgIpc) is 3.04. The molecule has 6 heteroatoms. The van der Waals surface area contributed by atoms with Crippen molar-refractivity contribution < 1.29 is 18.7 Å². The Morgan fingerprint density at radius 3 is 2.57 bits per heavy atom. The summed E-state index contributed by atoms with van der Waals surface area (Å²) in [6.45, 7) is 11.3. The van der Waals surface area contributed by atoms with Crippen LogP contribution in [0, 0.1) is 0 Å². The Kier molecular flexibility index (Phi) is 5.52. The molecule has 1 aromatic carbocycles. The van der Waals surface area contributed by atoms with Crippen molar-refractivity contribution in [2.45, 2.75) is 57.8 Å². The molecule has 1 atom stereocenters. The quantitative estimate of drug-likeness (QED) is 0.484. The molecular formula is C22H29NO4Si. The summed E-state index contributed by atoms with van der Waals surface area (Å²) in [6, 6.07) is 9.58. The second-order valence-corrected chi connectivity index (χ2v) is 13.4. The standard InChI is InChI=1S/C22H29NO4Si/c1-22(2,3)28(5,6)27-19-9-7-8-16-17(19)11-12-18(16)26-20-13-10-15(14-24)21(23-20)25-4/h7-10,13-14,18H,11-12H2,1-6H3/t18-/m0/s1. The van der Waals surface area contributed by atoms with Gasteiger partial charge in [-0.05, 0) is 54.2 Å². The highest BCUT2D eigenvalue weighted by molar-refractivity contribution is 6.74. The Morgan fingerprint density at radius 2 is 1.93 bits per heavy atom. The fraction of sp³-hybridized carbons (Fsp3) is 0.455. The van der Waals surface area contributed by atoms with E-state index in [4.69, 9.17) is 13.9 Å². The van der Waals surface area contributed by atoms with Gasteiger partial charge in [0.15, 0.2) is 6.29 Å². The van der Waals surface area contributed by atoms with Crippen LogP contribution in [0.2, 0.25) is 18.1 Å². The smallest absolute Gasteiger partial charge is 0.250 e. The predicted molar refractivity (Wildman–Crippen MR) is 112 cm³/mol. The van der Waals surface area contributed by atoms with Crippen LogP contribution in [0.4, 0.5) is 0 Å². The number of benzene rings is 1. The maximum absolute atomic E-state index is 11.1. The number of fused-ring (bicyclic) bond motifs is 1. The van der Waals surface area contributed by atoms with Crippen LogP contribution in [0.3, 0.4) is 0 Å². The number of hydrogen-bond acceptors (Lipinski definition) is 5. The second-order valence-electron chi connectivity index (χ2n) is 8.70. The van der Waals surface area contributed by atoms with Gasteiger partial charge in [0.2, 0.25) is 20.1 Å². The van der Waals surface area contributed by atoms with Gasteiger partial charge in [0.25, 0.3) is 0 Å². The zero-order valence-electron chi connectivity index (χ0n) is 17.5. The number of carbonyl (C=O) groups is 1. The topological polar surface area (TPSA) is 57.6 Å². The van der Waals surface area contributed by atoms with E-state index in [1.54, 1.807) is 12.1 Å². The molecule has 1 heterocycles. The molecule has 0 saturated carbocycles. The summed E-state index contributed by atoms with van der Waals surface area (Å²) in [5, 5.41) is 0.144. The molecule has 0 spiro atoms. The highest BCUT2D eigenvalue weighted by Crippen LogP contribution is 2.43. The van der Waals surface area contributed by atoms with Crippen LogP contribution in [-0.2, 0) is 6.42 Å². The highest BCUT2D eigenvalue weighted by Gasteiger charge is 2.40. The van der Waals surface area contributed by atoms with Gasteiger partial charge in [-0.1, -0.05) is 32.9 Å². The van der Waals surface area contributed by atoms with Gasteiger partial charge in [-0.3, -0.25) is 4.79 Å². The van der Waals surface area contributed by atoms with Crippen molar-refractivity contribution in [3.8, 4) is 17.5 Å². The third-order valence-corrected chi connectivity index (χ3v) is 10.1. The number of rotatable bonds is 6. The molecule has 0 saturated heterocycles. The molecule has 3 rings (SSSR count). The van der Waals surface area contributed by atoms with E-state index in [0.29, 0.717) is 11.4 Å². The average molecular weight is 400 g/mol. The number of aromatic nitrogens is 1. The Balaban J connectivity index is 1.84. The van der Waals surface area contributed by atoms with E-state index >= 15 is 0 Å². The molecule has 1 aliphatic carbocycles. The minimum absolute atomic E-state index is 0.0859. The maximum Gasteiger partial charge on any atom is 0.250 e. The van der Waals surface area contributed by atoms with E-state index in [1.807, 2.05) is 6.07 Å². The minimum Gasteiger partial charge on any atom is -0.543 e. The molecule has 2 aromatic rings. The van der Waals surface area contributed by atoms with Gasteiger partial charge < -0.3 is 13.9 Å². The summed E-state index contributed by atoms with van der Waals surface area (Å²) in [7, 11) is -0.416. The van der Waals surface area contributed by atoms with Crippen LogP contribution >= 0.6 is 0 Å². The SMILES string of the molecule is COc1nc(O[C@H]2CCc3c(O[Si](C)(C)C(C)(C)C)cccc32)ccc1C=O. The van der Waals surface area contributed by atoms with Crippen LogP contribution in [-0.4, -0.2) is 26.7 Å². The van der Waals surface area contributed by atoms with E-state index in [0.717, 1.165) is 30.4 Å². The van der Waals surface area contributed by atoms with Crippen LogP contribution in [0.15, 0.2) is 30.3 Å². The van der Waals surface area contributed by atoms with E-state index in [2.05, 4.69) is 51.0 Å². The van der Waals surface area contributed by atoms with Gasteiger partial charge >= 0.3 is 0 Å². The number of hydrogen-bond donors (Lipinski definition) is 0. The normalized spacial score (nSPS) is 16.4. The fourth-order valence-electron chi connectivity index (χ4n) is 3.13. The lowest BCUT2D eigenvalue weighted by Crippen LogP contribution is -2.44. The van der Waals surface area contributed by atoms with Gasteiger partial charge in [0.05, 0.1) is 12.7 Å². The molecule has 5 nitrogen and oxygen atoms in total. The van der Waals surface area contributed by atoms with Crippen LogP contribution in [0.25, 0.3) is 0 Å². The van der Waals surface area contributed by atoms with E-state index in [-0.39, 0.29) is 17.0 Å². The number of methoxy groups -OCH3 is 1. The van der Waals surface area contributed by atoms with Gasteiger partial charge in [-0.2, -0.15) is 4.98 Å². The molecule has 28 heavy (non-hydrogen) atoms. The summed E-state index contributed by atoms with van der Waals surface area (Å²) in [5.74, 6) is 1.72. The lowest BCUT2D eigenvalue weighted by molar-refractivity contribution is 0.111. The summed E-state index contributed by atoms with van der Waals surface area (Å²) in [4.78, 5) is 15.4. The fourth-order valence-corrected chi connectivity index (χ4v) is 4.17. The molecule has 0 aliphatic heterocycles. The van der Waals surface area contributed by atoms with Crippen molar-refractivity contribution in [1.82, 2.24) is 4.98 Å². The number of aldehydes is 1. The number of carbonyl (C=O) groups excluding carboxylic acids is 1. The molecule has 0 N–H and O–H groups in total. The minimum atomic E-state index is -1.91. The van der Waals surface area contributed by atoms with E-state index < -0.39 is 8.32 Å².